The van der Waals surface area contributed by atoms with Gasteiger partial charge in [0, 0.05) is 12.0 Å². The number of carbonyl (C=O) groups excluding carboxylic acids is 1. The fourth-order valence-electron chi connectivity index (χ4n) is 1.88. The second-order valence-corrected chi connectivity index (χ2v) is 6.98. The molecule has 0 amide bonds. The summed E-state index contributed by atoms with van der Waals surface area (Å²) in [7, 11) is -1.02. The number of sulfone groups is 1. The van der Waals surface area contributed by atoms with Crippen molar-refractivity contribution >= 4 is 15.6 Å². The lowest BCUT2D eigenvalue weighted by atomic mass is 10.0. The second-order valence-electron chi connectivity index (χ2n) is 4.75. The lowest BCUT2D eigenvalue weighted by Gasteiger charge is -2.23. The molecular formula is C11H21NO3S. The van der Waals surface area contributed by atoms with Crippen LogP contribution in [0.25, 0.3) is 0 Å². The fraction of sp³-hybridized carbons (Fsp3) is 0.909. The summed E-state index contributed by atoms with van der Waals surface area (Å²) >= 11 is 0. The lowest BCUT2D eigenvalue weighted by molar-refractivity contribution is -0.123. The number of Topliss-reactive ketones (excluding diaryl/α,β-unsaturated/α-hetero) is 1. The number of likely N-dealkylation sites (N-methyl/N-ethyl adjacent to an activating group) is 1. The fourth-order valence-corrected chi connectivity index (χ4v) is 3.69. The zero-order valence-corrected chi connectivity index (χ0v) is 11.1. The highest BCUT2D eigenvalue weighted by Crippen LogP contribution is 2.17. The first kappa shape index (κ1) is 13.6. The van der Waals surface area contributed by atoms with Gasteiger partial charge in [0.1, 0.15) is 5.78 Å². The van der Waals surface area contributed by atoms with E-state index in [0.29, 0.717) is 13.0 Å². The van der Waals surface area contributed by atoms with Crippen LogP contribution in [-0.2, 0) is 14.6 Å². The monoisotopic (exact) mass is 247 g/mol. The van der Waals surface area contributed by atoms with E-state index in [4.69, 9.17) is 0 Å². The molecule has 2 atom stereocenters. The van der Waals surface area contributed by atoms with E-state index >= 15 is 0 Å². The van der Waals surface area contributed by atoms with Gasteiger partial charge >= 0.3 is 0 Å². The van der Waals surface area contributed by atoms with Gasteiger partial charge in [-0.2, -0.15) is 0 Å². The van der Waals surface area contributed by atoms with Crippen molar-refractivity contribution in [2.24, 2.45) is 5.92 Å². The smallest absolute Gasteiger partial charge is 0.151 e. The average Bonchev–Trinajstić information content (AvgIpc) is 2.57. The first-order valence-corrected chi connectivity index (χ1v) is 7.61. The summed E-state index contributed by atoms with van der Waals surface area (Å²) < 4.78 is 22.6. The van der Waals surface area contributed by atoms with Gasteiger partial charge in [-0.1, -0.05) is 13.8 Å². The molecule has 1 saturated heterocycles. The van der Waals surface area contributed by atoms with Gasteiger partial charge in [-0.25, -0.2) is 8.42 Å². The van der Waals surface area contributed by atoms with Gasteiger partial charge in [0.05, 0.1) is 18.1 Å². The molecule has 5 heteroatoms. The molecule has 1 fully saturated rings. The van der Waals surface area contributed by atoms with Gasteiger partial charge in [0.2, 0.25) is 0 Å². The molecule has 1 heterocycles. The Bertz CT molecular complexity index is 350. The van der Waals surface area contributed by atoms with E-state index in [1.165, 1.54) is 0 Å². The summed E-state index contributed by atoms with van der Waals surface area (Å²) in [6.45, 7) is 4.28. The standard InChI is InChI=1S/C11H21NO3S/c1-4-9(2)11(13)7-12(3)10-5-6-16(14,15)8-10/h9-10H,4-8H2,1-3H3. The van der Waals surface area contributed by atoms with Crippen molar-refractivity contribution in [3.63, 3.8) is 0 Å². The third-order valence-electron chi connectivity index (χ3n) is 3.40. The van der Waals surface area contributed by atoms with Crippen LogP contribution >= 0.6 is 0 Å². The maximum atomic E-state index is 11.7. The number of carbonyl (C=O) groups is 1. The summed E-state index contributed by atoms with van der Waals surface area (Å²) in [6.07, 6.45) is 1.50. The Morgan fingerprint density at radius 1 is 1.50 bits per heavy atom. The maximum Gasteiger partial charge on any atom is 0.151 e. The molecule has 0 saturated carbocycles. The van der Waals surface area contributed by atoms with Crippen molar-refractivity contribution in [1.82, 2.24) is 4.90 Å². The summed E-state index contributed by atoms with van der Waals surface area (Å²) in [5.41, 5.74) is 0. The first-order chi connectivity index (χ1) is 7.35. The lowest BCUT2D eigenvalue weighted by Crippen LogP contribution is -2.38. The maximum absolute atomic E-state index is 11.7. The molecule has 0 spiro atoms. The van der Waals surface area contributed by atoms with Gasteiger partial charge in [-0.15, -0.1) is 0 Å². The van der Waals surface area contributed by atoms with Crippen LogP contribution in [-0.4, -0.2) is 50.2 Å². The Hall–Kier alpha value is -0.420. The predicted molar refractivity (Wildman–Crippen MR) is 64.2 cm³/mol. The van der Waals surface area contributed by atoms with E-state index in [1.54, 1.807) is 0 Å². The number of hydrogen-bond acceptors (Lipinski definition) is 4. The van der Waals surface area contributed by atoms with Crippen molar-refractivity contribution in [2.45, 2.75) is 32.7 Å². The van der Waals surface area contributed by atoms with E-state index < -0.39 is 9.84 Å². The van der Waals surface area contributed by atoms with Crippen molar-refractivity contribution in [1.29, 1.82) is 0 Å². The van der Waals surface area contributed by atoms with E-state index in [-0.39, 0.29) is 29.2 Å². The molecule has 2 unspecified atom stereocenters. The molecule has 94 valence electrons. The largest absolute Gasteiger partial charge is 0.298 e. The summed E-state index contributed by atoms with van der Waals surface area (Å²) in [5.74, 6) is 0.742. The van der Waals surface area contributed by atoms with Crippen LogP contribution in [0.3, 0.4) is 0 Å². The van der Waals surface area contributed by atoms with Crippen LogP contribution in [0.2, 0.25) is 0 Å². The first-order valence-electron chi connectivity index (χ1n) is 5.79. The number of nitrogens with zero attached hydrogens (tertiary/aromatic N) is 1. The third-order valence-corrected chi connectivity index (χ3v) is 5.15. The van der Waals surface area contributed by atoms with E-state index in [0.717, 1.165) is 6.42 Å². The second kappa shape index (κ2) is 5.27. The zero-order valence-electron chi connectivity index (χ0n) is 10.3. The molecule has 1 rings (SSSR count). The molecule has 0 aromatic rings. The average molecular weight is 247 g/mol. The van der Waals surface area contributed by atoms with Crippen molar-refractivity contribution < 1.29 is 13.2 Å². The normalized spacial score (nSPS) is 25.9. The summed E-state index contributed by atoms with van der Waals surface area (Å²) in [4.78, 5) is 13.6. The van der Waals surface area contributed by atoms with Crippen molar-refractivity contribution in [3.8, 4) is 0 Å². The highest BCUT2D eigenvalue weighted by Gasteiger charge is 2.31. The van der Waals surface area contributed by atoms with Crippen molar-refractivity contribution in [2.75, 3.05) is 25.1 Å². The van der Waals surface area contributed by atoms with Gasteiger partial charge in [0.25, 0.3) is 0 Å². The topological polar surface area (TPSA) is 54.5 Å². The molecule has 0 aromatic carbocycles. The van der Waals surface area contributed by atoms with E-state index in [9.17, 15) is 13.2 Å². The van der Waals surface area contributed by atoms with Gasteiger partial charge in [-0.3, -0.25) is 9.69 Å². The number of rotatable bonds is 5. The zero-order chi connectivity index (χ0) is 12.3. The molecule has 0 aromatic heterocycles. The quantitative estimate of drug-likeness (QED) is 0.718. The molecule has 16 heavy (non-hydrogen) atoms. The summed E-state index contributed by atoms with van der Waals surface area (Å²) in [5, 5.41) is 0. The summed E-state index contributed by atoms with van der Waals surface area (Å²) in [6, 6.07) is 0.0259. The van der Waals surface area contributed by atoms with Gasteiger partial charge < -0.3 is 0 Å². The minimum Gasteiger partial charge on any atom is -0.298 e. The Kier molecular flexibility index (Phi) is 4.50. The SMILES string of the molecule is CCC(C)C(=O)CN(C)C1CCS(=O)(=O)C1. The van der Waals surface area contributed by atoms with Crippen LogP contribution in [0, 0.1) is 5.92 Å². The molecule has 1 aliphatic heterocycles. The molecule has 0 N–H and O–H groups in total. The third kappa shape index (κ3) is 3.56. The molecule has 0 radical (unpaired) electrons. The molecule has 0 aliphatic carbocycles. The van der Waals surface area contributed by atoms with Gasteiger partial charge in [0.15, 0.2) is 9.84 Å². The van der Waals surface area contributed by atoms with Crippen LogP contribution in [0.15, 0.2) is 0 Å². The van der Waals surface area contributed by atoms with Crippen LogP contribution in [0.4, 0.5) is 0 Å². The van der Waals surface area contributed by atoms with Crippen molar-refractivity contribution in [3.05, 3.63) is 0 Å². The molecule has 4 nitrogen and oxygen atoms in total. The number of hydrogen-bond donors (Lipinski definition) is 0. The Morgan fingerprint density at radius 3 is 2.56 bits per heavy atom. The molecule has 1 aliphatic rings. The Balaban J connectivity index is 2.48. The minimum absolute atomic E-state index is 0.0259. The molecule has 0 bridgehead atoms. The highest BCUT2D eigenvalue weighted by atomic mass is 32.2. The number of ketones is 1. The van der Waals surface area contributed by atoms with Crippen LogP contribution in [0.1, 0.15) is 26.7 Å². The highest BCUT2D eigenvalue weighted by molar-refractivity contribution is 7.91. The minimum atomic E-state index is -2.86. The Morgan fingerprint density at radius 2 is 2.12 bits per heavy atom. The van der Waals surface area contributed by atoms with Crippen LogP contribution < -0.4 is 0 Å². The van der Waals surface area contributed by atoms with Crippen LogP contribution in [0.5, 0.6) is 0 Å². The molecular weight excluding hydrogens is 226 g/mol. The Labute approximate surface area is 97.9 Å². The predicted octanol–water partition coefficient (Wildman–Crippen LogP) is 0.721. The van der Waals surface area contributed by atoms with Gasteiger partial charge in [-0.05, 0) is 19.9 Å². The van der Waals surface area contributed by atoms with E-state index in [1.807, 2.05) is 25.8 Å². The van der Waals surface area contributed by atoms with E-state index in [2.05, 4.69) is 0 Å².